The van der Waals surface area contributed by atoms with Crippen molar-refractivity contribution in [1.29, 1.82) is 0 Å². The molecule has 5 heteroatoms. The van der Waals surface area contributed by atoms with E-state index in [0.717, 1.165) is 4.88 Å². The molecule has 0 fully saturated rings. The van der Waals surface area contributed by atoms with Crippen LogP contribution in [0.5, 0.6) is 11.5 Å². The molecule has 0 amide bonds. The van der Waals surface area contributed by atoms with E-state index in [1.807, 2.05) is 36.6 Å². The van der Waals surface area contributed by atoms with Gasteiger partial charge in [0, 0.05) is 10.4 Å². The Bertz CT molecular complexity index is 488. The fourth-order valence-electron chi connectivity index (χ4n) is 1.68. The minimum atomic E-state index is -0.310. The summed E-state index contributed by atoms with van der Waals surface area (Å²) in [6.45, 7) is 2.40. The third-order valence-corrected chi connectivity index (χ3v) is 3.47. The van der Waals surface area contributed by atoms with Crippen LogP contribution in [0.2, 0.25) is 0 Å². The number of para-hydroxylation sites is 1. The van der Waals surface area contributed by atoms with Gasteiger partial charge in [0.05, 0.1) is 12.6 Å². The lowest BCUT2D eigenvalue weighted by Gasteiger charge is -2.14. The minimum Gasteiger partial charge on any atom is -0.504 e. The Balaban J connectivity index is 0.00000162. The zero-order valence-electron chi connectivity index (χ0n) is 10.00. The lowest BCUT2D eigenvalue weighted by atomic mass is 10.0. The first-order chi connectivity index (χ1) is 8.24. The molecular weight excluding hydrogens is 270 g/mol. The highest BCUT2D eigenvalue weighted by Gasteiger charge is 2.16. The maximum Gasteiger partial charge on any atom is 0.162 e. The topological polar surface area (TPSA) is 55.5 Å². The number of phenolic OH excluding ortho intramolecular Hbond substituents is 1. The van der Waals surface area contributed by atoms with Crippen molar-refractivity contribution in [3.05, 3.63) is 46.2 Å². The van der Waals surface area contributed by atoms with E-state index in [2.05, 4.69) is 0 Å². The van der Waals surface area contributed by atoms with Crippen LogP contribution in [-0.2, 0) is 0 Å². The minimum absolute atomic E-state index is 0. The van der Waals surface area contributed by atoms with Gasteiger partial charge in [-0.2, -0.15) is 0 Å². The molecule has 1 aromatic heterocycles. The average molecular weight is 286 g/mol. The lowest BCUT2D eigenvalue weighted by Crippen LogP contribution is -2.10. The van der Waals surface area contributed by atoms with Crippen LogP contribution < -0.4 is 10.5 Å². The lowest BCUT2D eigenvalue weighted by molar-refractivity contribution is 0.316. The van der Waals surface area contributed by atoms with Crippen molar-refractivity contribution in [1.82, 2.24) is 0 Å². The van der Waals surface area contributed by atoms with Crippen LogP contribution in [0, 0.1) is 0 Å². The Hall–Kier alpha value is -1.23. The van der Waals surface area contributed by atoms with Crippen molar-refractivity contribution in [2.24, 2.45) is 5.73 Å². The van der Waals surface area contributed by atoms with Crippen LogP contribution in [-0.4, -0.2) is 11.7 Å². The van der Waals surface area contributed by atoms with Crippen molar-refractivity contribution in [3.63, 3.8) is 0 Å². The fourth-order valence-corrected chi connectivity index (χ4v) is 2.43. The maximum atomic E-state index is 10.1. The third kappa shape index (κ3) is 2.96. The van der Waals surface area contributed by atoms with Crippen LogP contribution in [0.15, 0.2) is 35.7 Å². The summed E-state index contributed by atoms with van der Waals surface area (Å²) < 4.78 is 5.34. The molecule has 1 heterocycles. The largest absolute Gasteiger partial charge is 0.504 e. The number of thiophene rings is 1. The molecule has 0 aliphatic rings. The van der Waals surface area contributed by atoms with E-state index < -0.39 is 0 Å². The number of nitrogens with two attached hydrogens (primary N) is 1. The molecule has 2 rings (SSSR count). The summed E-state index contributed by atoms with van der Waals surface area (Å²) in [4.78, 5) is 1.02. The Morgan fingerprint density at radius 2 is 2.11 bits per heavy atom. The van der Waals surface area contributed by atoms with Crippen molar-refractivity contribution < 1.29 is 9.84 Å². The highest BCUT2D eigenvalue weighted by atomic mass is 35.5. The summed E-state index contributed by atoms with van der Waals surface area (Å²) in [5, 5.41) is 12.1. The van der Waals surface area contributed by atoms with Crippen LogP contribution in [0.1, 0.15) is 23.4 Å². The monoisotopic (exact) mass is 285 g/mol. The van der Waals surface area contributed by atoms with E-state index in [-0.39, 0.29) is 24.2 Å². The van der Waals surface area contributed by atoms with Gasteiger partial charge in [0.15, 0.2) is 11.5 Å². The zero-order chi connectivity index (χ0) is 12.3. The van der Waals surface area contributed by atoms with E-state index in [1.54, 1.807) is 17.4 Å². The zero-order valence-corrected chi connectivity index (χ0v) is 11.6. The smallest absolute Gasteiger partial charge is 0.162 e. The van der Waals surface area contributed by atoms with E-state index in [0.29, 0.717) is 17.9 Å². The van der Waals surface area contributed by atoms with Crippen LogP contribution >= 0.6 is 23.7 Å². The molecule has 1 aromatic carbocycles. The Morgan fingerprint density at radius 1 is 1.33 bits per heavy atom. The van der Waals surface area contributed by atoms with Crippen molar-refractivity contribution >= 4 is 23.7 Å². The molecule has 0 aliphatic heterocycles. The fraction of sp³-hybridized carbons (Fsp3) is 0.231. The van der Waals surface area contributed by atoms with Gasteiger partial charge in [-0.1, -0.05) is 18.2 Å². The van der Waals surface area contributed by atoms with E-state index in [9.17, 15) is 5.11 Å². The number of hydrogen-bond acceptors (Lipinski definition) is 4. The molecule has 0 saturated heterocycles. The summed E-state index contributed by atoms with van der Waals surface area (Å²) in [5.74, 6) is 0.618. The number of ether oxygens (including phenoxy) is 1. The molecule has 0 unspecified atom stereocenters. The SMILES string of the molecule is CCOc1cccc([C@H](N)c2cccs2)c1O.Cl. The summed E-state index contributed by atoms with van der Waals surface area (Å²) >= 11 is 1.58. The van der Waals surface area contributed by atoms with Gasteiger partial charge in [0.1, 0.15) is 0 Å². The van der Waals surface area contributed by atoms with Crippen LogP contribution in [0.3, 0.4) is 0 Å². The highest BCUT2D eigenvalue weighted by molar-refractivity contribution is 7.10. The van der Waals surface area contributed by atoms with Gasteiger partial charge >= 0.3 is 0 Å². The normalized spacial score (nSPS) is 11.7. The standard InChI is InChI=1S/C13H15NO2S.ClH/c1-2-16-10-6-3-5-9(13(10)15)12(14)11-7-4-8-17-11;/h3-8,12,15H,2,14H2,1H3;1H/t12-;/m0./s1. The van der Waals surface area contributed by atoms with Gasteiger partial charge in [-0.25, -0.2) is 0 Å². The number of rotatable bonds is 4. The maximum absolute atomic E-state index is 10.1. The number of aromatic hydroxyl groups is 1. The van der Waals surface area contributed by atoms with Gasteiger partial charge < -0.3 is 15.6 Å². The summed E-state index contributed by atoms with van der Waals surface area (Å²) in [6.07, 6.45) is 0. The van der Waals surface area contributed by atoms with Crippen molar-refractivity contribution in [2.75, 3.05) is 6.61 Å². The van der Waals surface area contributed by atoms with Crippen LogP contribution in [0.4, 0.5) is 0 Å². The molecule has 2 aromatic rings. The molecular formula is C13H16ClNO2S. The molecule has 0 bridgehead atoms. The van der Waals surface area contributed by atoms with Gasteiger partial charge in [-0.3, -0.25) is 0 Å². The second-order valence-electron chi connectivity index (χ2n) is 3.62. The molecule has 0 radical (unpaired) electrons. The van der Waals surface area contributed by atoms with E-state index >= 15 is 0 Å². The van der Waals surface area contributed by atoms with Gasteiger partial charge in [-0.15, -0.1) is 23.7 Å². The van der Waals surface area contributed by atoms with Crippen molar-refractivity contribution in [3.8, 4) is 11.5 Å². The predicted molar refractivity (Wildman–Crippen MR) is 76.9 cm³/mol. The third-order valence-electron chi connectivity index (χ3n) is 2.51. The molecule has 1 atom stereocenters. The molecule has 3 nitrogen and oxygen atoms in total. The van der Waals surface area contributed by atoms with E-state index in [4.69, 9.17) is 10.5 Å². The summed E-state index contributed by atoms with van der Waals surface area (Å²) in [6, 6.07) is 9.00. The Morgan fingerprint density at radius 3 is 2.72 bits per heavy atom. The average Bonchev–Trinajstić information content (AvgIpc) is 2.85. The van der Waals surface area contributed by atoms with Gasteiger partial charge in [0.2, 0.25) is 0 Å². The molecule has 98 valence electrons. The Kier molecular flexibility index (Phi) is 5.47. The first-order valence-electron chi connectivity index (χ1n) is 5.47. The second kappa shape index (κ2) is 6.64. The summed E-state index contributed by atoms with van der Waals surface area (Å²) in [5.41, 5.74) is 6.81. The molecule has 0 spiro atoms. The Labute approximate surface area is 117 Å². The van der Waals surface area contributed by atoms with E-state index in [1.165, 1.54) is 0 Å². The molecule has 3 N–H and O–H groups in total. The first-order valence-corrected chi connectivity index (χ1v) is 6.35. The predicted octanol–water partition coefficient (Wildman–Crippen LogP) is 3.32. The number of hydrogen-bond donors (Lipinski definition) is 2. The first kappa shape index (κ1) is 14.8. The van der Waals surface area contributed by atoms with Crippen LogP contribution in [0.25, 0.3) is 0 Å². The molecule has 18 heavy (non-hydrogen) atoms. The molecule has 0 aliphatic carbocycles. The van der Waals surface area contributed by atoms with Crippen molar-refractivity contribution in [2.45, 2.75) is 13.0 Å². The second-order valence-corrected chi connectivity index (χ2v) is 4.60. The summed E-state index contributed by atoms with van der Waals surface area (Å²) in [7, 11) is 0. The quantitative estimate of drug-likeness (QED) is 0.906. The number of halogens is 1. The van der Waals surface area contributed by atoms with Gasteiger partial charge in [-0.05, 0) is 24.4 Å². The number of benzene rings is 1. The van der Waals surface area contributed by atoms with Gasteiger partial charge in [0.25, 0.3) is 0 Å². The highest BCUT2D eigenvalue weighted by Crippen LogP contribution is 2.36. The number of phenols is 1. The molecule has 0 saturated carbocycles.